The van der Waals surface area contributed by atoms with Gasteiger partial charge < -0.3 is 14.6 Å². The van der Waals surface area contributed by atoms with Crippen LogP contribution in [0.2, 0.25) is 0 Å². The summed E-state index contributed by atoms with van der Waals surface area (Å²) in [7, 11) is 0. The molecule has 100 valence electrons. The quantitative estimate of drug-likeness (QED) is 0.838. The lowest BCUT2D eigenvalue weighted by molar-refractivity contribution is -0.136. The van der Waals surface area contributed by atoms with Gasteiger partial charge in [-0.25, -0.2) is 0 Å². The first-order chi connectivity index (χ1) is 8.58. The normalized spacial score (nSPS) is 10.2. The molecule has 0 spiro atoms. The maximum absolute atomic E-state index is 10.6. The van der Waals surface area contributed by atoms with Crippen LogP contribution in [0.25, 0.3) is 0 Å². The van der Waals surface area contributed by atoms with E-state index in [0.29, 0.717) is 31.1 Å². The molecule has 1 rings (SSSR count). The molecule has 1 aromatic rings. The topological polar surface area (TPSA) is 55.8 Å². The Labute approximate surface area is 115 Å². The average Bonchev–Trinajstić information content (AvgIpc) is 2.31. The van der Waals surface area contributed by atoms with Gasteiger partial charge in [0.05, 0.1) is 17.7 Å². The van der Waals surface area contributed by atoms with Crippen LogP contribution in [0.4, 0.5) is 0 Å². The molecular formula is C13H17BrO4. The van der Waals surface area contributed by atoms with Crippen molar-refractivity contribution in [3.63, 3.8) is 0 Å². The molecule has 0 saturated carbocycles. The zero-order chi connectivity index (χ0) is 13.5. The number of halogens is 1. The van der Waals surface area contributed by atoms with Crippen LogP contribution in [0.1, 0.15) is 25.8 Å². The average molecular weight is 317 g/mol. The van der Waals surface area contributed by atoms with Crippen molar-refractivity contribution in [3.8, 4) is 11.5 Å². The molecule has 0 heterocycles. The third-order valence-corrected chi connectivity index (χ3v) is 2.87. The summed E-state index contributed by atoms with van der Waals surface area (Å²) in [5.74, 6) is 0.505. The number of rotatable bonds is 7. The first-order valence-electron chi connectivity index (χ1n) is 5.88. The molecule has 0 aliphatic carbocycles. The molecular weight excluding hydrogens is 300 g/mol. The van der Waals surface area contributed by atoms with Crippen LogP contribution < -0.4 is 9.47 Å². The Kier molecular flexibility index (Phi) is 5.98. The Morgan fingerprint density at radius 1 is 1.28 bits per heavy atom. The molecule has 0 aliphatic heterocycles. The number of ether oxygens (including phenoxy) is 2. The van der Waals surface area contributed by atoms with Gasteiger partial charge in [0.2, 0.25) is 0 Å². The lowest BCUT2D eigenvalue weighted by Crippen LogP contribution is -2.02. The lowest BCUT2D eigenvalue weighted by Gasteiger charge is -2.14. The minimum Gasteiger partial charge on any atom is -0.490 e. The second kappa shape index (κ2) is 7.26. The molecule has 4 nitrogen and oxygen atoms in total. The largest absolute Gasteiger partial charge is 0.490 e. The highest BCUT2D eigenvalue weighted by atomic mass is 79.9. The van der Waals surface area contributed by atoms with E-state index in [1.54, 1.807) is 0 Å². The number of hydrogen-bond donors (Lipinski definition) is 1. The van der Waals surface area contributed by atoms with Crippen molar-refractivity contribution in [2.45, 2.75) is 26.7 Å². The maximum Gasteiger partial charge on any atom is 0.303 e. The maximum atomic E-state index is 10.6. The Hall–Kier alpha value is -1.23. The summed E-state index contributed by atoms with van der Waals surface area (Å²) in [6.45, 7) is 4.89. The predicted octanol–water partition coefficient (Wildman–Crippen LogP) is 3.26. The van der Waals surface area contributed by atoms with Gasteiger partial charge in [0.1, 0.15) is 0 Å². The van der Waals surface area contributed by atoms with E-state index in [1.165, 1.54) is 0 Å². The number of carboxylic acids is 1. The molecule has 0 unspecified atom stereocenters. The number of hydrogen-bond acceptors (Lipinski definition) is 3. The summed E-state index contributed by atoms with van der Waals surface area (Å²) in [5.41, 5.74) is 0.913. The number of carboxylic acid groups (broad SMARTS) is 1. The lowest BCUT2D eigenvalue weighted by atomic mass is 10.1. The minimum absolute atomic E-state index is 0.103. The fourth-order valence-electron chi connectivity index (χ4n) is 1.56. The van der Waals surface area contributed by atoms with E-state index in [4.69, 9.17) is 14.6 Å². The number of aliphatic carboxylic acids is 1. The monoisotopic (exact) mass is 316 g/mol. The zero-order valence-electron chi connectivity index (χ0n) is 10.5. The fraction of sp³-hybridized carbons (Fsp3) is 0.462. The van der Waals surface area contributed by atoms with Crippen LogP contribution in [-0.4, -0.2) is 24.3 Å². The molecule has 0 aromatic heterocycles. The molecule has 0 radical (unpaired) electrons. The third kappa shape index (κ3) is 4.22. The van der Waals surface area contributed by atoms with Crippen molar-refractivity contribution < 1.29 is 19.4 Å². The molecule has 0 saturated heterocycles. The number of aryl methyl sites for hydroxylation is 1. The molecule has 1 N–H and O–H groups in total. The van der Waals surface area contributed by atoms with E-state index < -0.39 is 5.97 Å². The van der Waals surface area contributed by atoms with Crippen LogP contribution in [-0.2, 0) is 11.2 Å². The zero-order valence-corrected chi connectivity index (χ0v) is 12.1. The highest BCUT2D eigenvalue weighted by Crippen LogP contribution is 2.37. The van der Waals surface area contributed by atoms with Crippen molar-refractivity contribution >= 4 is 21.9 Å². The third-order valence-electron chi connectivity index (χ3n) is 2.29. The van der Waals surface area contributed by atoms with Crippen molar-refractivity contribution in [2.24, 2.45) is 0 Å². The molecule has 5 heteroatoms. The standard InChI is InChI=1S/C13H17BrO4/c1-3-17-11-8-9(5-6-12(15)16)7-10(14)13(11)18-4-2/h7-8H,3-6H2,1-2H3,(H,15,16). The van der Waals surface area contributed by atoms with E-state index in [-0.39, 0.29) is 6.42 Å². The van der Waals surface area contributed by atoms with E-state index >= 15 is 0 Å². The van der Waals surface area contributed by atoms with Gasteiger partial charge in [-0.2, -0.15) is 0 Å². The first-order valence-corrected chi connectivity index (χ1v) is 6.67. The van der Waals surface area contributed by atoms with Crippen LogP contribution in [0.15, 0.2) is 16.6 Å². The van der Waals surface area contributed by atoms with Gasteiger partial charge in [0.25, 0.3) is 0 Å². The minimum atomic E-state index is -0.807. The van der Waals surface area contributed by atoms with E-state index in [1.807, 2.05) is 26.0 Å². The number of benzene rings is 1. The van der Waals surface area contributed by atoms with Crippen molar-refractivity contribution in [3.05, 3.63) is 22.2 Å². The van der Waals surface area contributed by atoms with Gasteiger partial charge in [-0.05, 0) is 53.9 Å². The molecule has 18 heavy (non-hydrogen) atoms. The van der Waals surface area contributed by atoms with Crippen molar-refractivity contribution in [1.29, 1.82) is 0 Å². The molecule has 0 amide bonds. The summed E-state index contributed by atoms with van der Waals surface area (Å²) >= 11 is 3.42. The van der Waals surface area contributed by atoms with E-state index in [0.717, 1.165) is 10.0 Å². The first kappa shape index (κ1) is 14.8. The molecule has 1 aromatic carbocycles. The van der Waals surface area contributed by atoms with Crippen LogP contribution >= 0.6 is 15.9 Å². The van der Waals surface area contributed by atoms with Gasteiger partial charge in [-0.1, -0.05) is 0 Å². The van der Waals surface area contributed by atoms with Crippen molar-refractivity contribution in [1.82, 2.24) is 0 Å². The van der Waals surface area contributed by atoms with Crippen LogP contribution in [0.3, 0.4) is 0 Å². The predicted molar refractivity (Wildman–Crippen MR) is 72.4 cm³/mol. The fourth-order valence-corrected chi connectivity index (χ4v) is 2.17. The highest BCUT2D eigenvalue weighted by Gasteiger charge is 2.12. The van der Waals surface area contributed by atoms with Crippen LogP contribution in [0.5, 0.6) is 11.5 Å². The molecule has 0 fully saturated rings. The Balaban J connectivity index is 2.98. The van der Waals surface area contributed by atoms with Crippen LogP contribution in [0, 0.1) is 0 Å². The Bertz CT molecular complexity index is 418. The smallest absolute Gasteiger partial charge is 0.303 e. The summed E-state index contributed by atoms with van der Waals surface area (Å²) in [6, 6.07) is 3.71. The SMILES string of the molecule is CCOc1cc(CCC(=O)O)cc(Br)c1OCC. The van der Waals surface area contributed by atoms with Gasteiger partial charge in [0, 0.05) is 6.42 Å². The molecule has 0 atom stereocenters. The summed E-state index contributed by atoms with van der Waals surface area (Å²) in [4.78, 5) is 10.6. The van der Waals surface area contributed by atoms with Gasteiger partial charge in [-0.3, -0.25) is 4.79 Å². The van der Waals surface area contributed by atoms with Gasteiger partial charge in [-0.15, -0.1) is 0 Å². The number of carbonyl (C=O) groups is 1. The second-order valence-corrected chi connectivity index (χ2v) is 4.52. The van der Waals surface area contributed by atoms with Gasteiger partial charge >= 0.3 is 5.97 Å². The van der Waals surface area contributed by atoms with Gasteiger partial charge in [0.15, 0.2) is 11.5 Å². The summed E-state index contributed by atoms with van der Waals surface area (Å²) < 4.78 is 11.8. The summed E-state index contributed by atoms with van der Waals surface area (Å²) in [6.07, 6.45) is 0.576. The Morgan fingerprint density at radius 3 is 2.50 bits per heavy atom. The highest BCUT2D eigenvalue weighted by molar-refractivity contribution is 9.10. The molecule has 0 aliphatic rings. The molecule has 0 bridgehead atoms. The Morgan fingerprint density at radius 2 is 1.94 bits per heavy atom. The van der Waals surface area contributed by atoms with E-state index in [9.17, 15) is 4.79 Å². The summed E-state index contributed by atoms with van der Waals surface area (Å²) in [5, 5.41) is 8.69. The van der Waals surface area contributed by atoms with E-state index in [2.05, 4.69) is 15.9 Å². The van der Waals surface area contributed by atoms with Crippen molar-refractivity contribution in [2.75, 3.05) is 13.2 Å². The second-order valence-electron chi connectivity index (χ2n) is 3.66.